The number of hydrogen-bond donors (Lipinski definition) is 3. The molecular weight excluding hydrogens is 230 g/mol. The number of methoxy groups -OCH3 is 1. The molecule has 0 radical (unpaired) electrons. The zero-order chi connectivity index (χ0) is 13.0. The molecule has 0 amide bonds. The van der Waals surface area contributed by atoms with Crippen LogP contribution in [0.25, 0.3) is 0 Å². The molecular formula is C14H21NO3. The first-order valence-electron chi connectivity index (χ1n) is 6.41. The molecule has 1 aliphatic rings. The Morgan fingerprint density at radius 2 is 1.89 bits per heavy atom. The summed E-state index contributed by atoms with van der Waals surface area (Å²) in [5.74, 6) is 1.25. The van der Waals surface area contributed by atoms with Crippen molar-refractivity contribution in [3.8, 4) is 5.75 Å². The van der Waals surface area contributed by atoms with Crippen LogP contribution in [-0.2, 0) is 0 Å². The Labute approximate surface area is 108 Å². The highest BCUT2D eigenvalue weighted by molar-refractivity contribution is 5.28. The maximum atomic E-state index is 9.97. The zero-order valence-corrected chi connectivity index (χ0v) is 10.7. The third-order valence-corrected chi connectivity index (χ3v) is 3.36. The van der Waals surface area contributed by atoms with Crippen LogP contribution in [0, 0.1) is 5.92 Å². The van der Waals surface area contributed by atoms with Gasteiger partial charge >= 0.3 is 0 Å². The van der Waals surface area contributed by atoms with Gasteiger partial charge in [-0.25, -0.2) is 0 Å². The summed E-state index contributed by atoms with van der Waals surface area (Å²) in [4.78, 5) is 0. The maximum Gasteiger partial charge on any atom is 0.118 e. The van der Waals surface area contributed by atoms with Gasteiger partial charge in [0.1, 0.15) is 5.75 Å². The summed E-state index contributed by atoms with van der Waals surface area (Å²) in [7, 11) is 1.62. The number of aliphatic hydroxyl groups excluding tert-OH is 2. The van der Waals surface area contributed by atoms with Gasteiger partial charge in [0.15, 0.2) is 0 Å². The molecule has 1 aliphatic carbocycles. The summed E-state index contributed by atoms with van der Waals surface area (Å²) in [5, 5.41) is 22.7. The fourth-order valence-corrected chi connectivity index (χ4v) is 1.96. The van der Waals surface area contributed by atoms with Crippen LogP contribution in [0.3, 0.4) is 0 Å². The van der Waals surface area contributed by atoms with Crippen molar-refractivity contribution < 1.29 is 14.9 Å². The average Bonchev–Trinajstić information content (AvgIpc) is 3.23. The number of aliphatic hydroxyl groups is 2. The van der Waals surface area contributed by atoms with Gasteiger partial charge in [0, 0.05) is 13.1 Å². The molecule has 18 heavy (non-hydrogen) atoms. The standard InChI is InChI=1S/C14H21NO3/c1-18-12-6-4-11(5-7-12)14(17)9-15-8-13(16)10-2-3-10/h4-7,10,13-17H,2-3,8-9H2,1H3. The second-order valence-corrected chi connectivity index (χ2v) is 4.85. The van der Waals surface area contributed by atoms with Gasteiger partial charge in [-0.1, -0.05) is 12.1 Å². The molecule has 3 N–H and O–H groups in total. The van der Waals surface area contributed by atoms with Crippen molar-refractivity contribution in [2.24, 2.45) is 5.92 Å². The molecule has 100 valence electrons. The van der Waals surface area contributed by atoms with Crippen LogP contribution < -0.4 is 10.1 Å². The SMILES string of the molecule is COc1ccc(C(O)CNCC(O)C2CC2)cc1. The molecule has 0 aliphatic heterocycles. The molecule has 1 saturated carbocycles. The van der Waals surface area contributed by atoms with Gasteiger partial charge in [0.25, 0.3) is 0 Å². The lowest BCUT2D eigenvalue weighted by Gasteiger charge is -2.15. The predicted molar refractivity (Wildman–Crippen MR) is 69.6 cm³/mol. The van der Waals surface area contributed by atoms with Gasteiger partial charge in [-0.05, 0) is 36.5 Å². The Hall–Kier alpha value is -1.10. The summed E-state index contributed by atoms with van der Waals surface area (Å²) in [5.41, 5.74) is 0.851. The van der Waals surface area contributed by atoms with Crippen molar-refractivity contribution in [1.82, 2.24) is 5.32 Å². The van der Waals surface area contributed by atoms with E-state index in [1.54, 1.807) is 7.11 Å². The van der Waals surface area contributed by atoms with E-state index in [9.17, 15) is 10.2 Å². The molecule has 2 atom stereocenters. The minimum Gasteiger partial charge on any atom is -0.497 e. The summed E-state index contributed by atoms with van der Waals surface area (Å²) in [6.07, 6.45) is 1.43. The average molecular weight is 251 g/mol. The van der Waals surface area contributed by atoms with Crippen LogP contribution in [0.4, 0.5) is 0 Å². The highest BCUT2D eigenvalue weighted by Crippen LogP contribution is 2.32. The van der Waals surface area contributed by atoms with Crippen LogP contribution in [0.2, 0.25) is 0 Å². The van der Waals surface area contributed by atoms with Crippen LogP contribution in [0.5, 0.6) is 5.75 Å². The predicted octanol–water partition coefficient (Wildman–Crippen LogP) is 1.09. The molecule has 1 fully saturated rings. The monoisotopic (exact) mass is 251 g/mol. The summed E-state index contributed by atoms with van der Waals surface area (Å²) in [6.45, 7) is 1.01. The van der Waals surface area contributed by atoms with Crippen LogP contribution >= 0.6 is 0 Å². The van der Waals surface area contributed by atoms with Gasteiger partial charge in [-0.3, -0.25) is 0 Å². The van der Waals surface area contributed by atoms with Gasteiger partial charge in [0.05, 0.1) is 19.3 Å². The number of nitrogens with one attached hydrogen (secondary N) is 1. The first-order valence-corrected chi connectivity index (χ1v) is 6.41. The van der Waals surface area contributed by atoms with E-state index in [0.29, 0.717) is 19.0 Å². The summed E-state index contributed by atoms with van der Waals surface area (Å²) < 4.78 is 5.06. The highest BCUT2D eigenvalue weighted by Gasteiger charge is 2.29. The van der Waals surface area contributed by atoms with E-state index in [1.807, 2.05) is 24.3 Å². The van der Waals surface area contributed by atoms with Gasteiger partial charge in [0.2, 0.25) is 0 Å². The molecule has 4 nitrogen and oxygen atoms in total. The van der Waals surface area contributed by atoms with Crippen molar-refractivity contribution >= 4 is 0 Å². The van der Waals surface area contributed by atoms with E-state index in [1.165, 1.54) is 0 Å². The molecule has 1 aromatic rings. The second kappa shape index (κ2) is 6.18. The zero-order valence-electron chi connectivity index (χ0n) is 10.7. The minimum absolute atomic E-state index is 0.270. The molecule has 0 aromatic heterocycles. The first kappa shape index (κ1) is 13.3. The van der Waals surface area contributed by atoms with E-state index in [2.05, 4.69) is 5.32 Å². The van der Waals surface area contributed by atoms with E-state index in [4.69, 9.17) is 4.74 Å². The Morgan fingerprint density at radius 1 is 1.22 bits per heavy atom. The number of hydrogen-bond acceptors (Lipinski definition) is 4. The number of benzene rings is 1. The fourth-order valence-electron chi connectivity index (χ4n) is 1.96. The molecule has 0 spiro atoms. The van der Waals surface area contributed by atoms with E-state index >= 15 is 0 Å². The Balaban J connectivity index is 1.73. The smallest absolute Gasteiger partial charge is 0.118 e. The summed E-state index contributed by atoms with van der Waals surface area (Å²) >= 11 is 0. The lowest BCUT2D eigenvalue weighted by molar-refractivity contribution is 0.132. The Morgan fingerprint density at radius 3 is 2.44 bits per heavy atom. The quantitative estimate of drug-likeness (QED) is 0.679. The van der Waals surface area contributed by atoms with Crippen LogP contribution in [-0.4, -0.2) is 36.5 Å². The normalized spacial score (nSPS) is 18.4. The van der Waals surface area contributed by atoms with E-state index in [-0.39, 0.29) is 6.10 Å². The van der Waals surface area contributed by atoms with E-state index in [0.717, 1.165) is 24.2 Å². The van der Waals surface area contributed by atoms with Crippen molar-refractivity contribution in [3.05, 3.63) is 29.8 Å². The highest BCUT2D eigenvalue weighted by atomic mass is 16.5. The van der Waals surface area contributed by atoms with E-state index < -0.39 is 6.10 Å². The van der Waals surface area contributed by atoms with Crippen molar-refractivity contribution in [2.75, 3.05) is 20.2 Å². The van der Waals surface area contributed by atoms with Gasteiger partial charge in [-0.15, -0.1) is 0 Å². The molecule has 4 heteroatoms. The largest absolute Gasteiger partial charge is 0.497 e. The van der Waals surface area contributed by atoms with Gasteiger partial charge in [-0.2, -0.15) is 0 Å². The molecule has 0 saturated heterocycles. The Kier molecular flexibility index (Phi) is 4.58. The minimum atomic E-state index is -0.553. The topological polar surface area (TPSA) is 61.7 Å². The van der Waals surface area contributed by atoms with Crippen LogP contribution in [0.15, 0.2) is 24.3 Å². The molecule has 2 rings (SSSR count). The Bertz CT molecular complexity index is 362. The fraction of sp³-hybridized carbons (Fsp3) is 0.571. The van der Waals surface area contributed by atoms with Crippen molar-refractivity contribution in [1.29, 1.82) is 0 Å². The lowest BCUT2D eigenvalue weighted by atomic mass is 10.1. The number of rotatable bonds is 7. The third kappa shape index (κ3) is 3.70. The van der Waals surface area contributed by atoms with Crippen molar-refractivity contribution in [3.63, 3.8) is 0 Å². The van der Waals surface area contributed by atoms with Gasteiger partial charge < -0.3 is 20.3 Å². The molecule has 0 heterocycles. The third-order valence-electron chi connectivity index (χ3n) is 3.36. The van der Waals surface area contributed by atoms with Crippen molar-refractivity contribution in [2.45, 2.75) is 25.0 Å². The maximum absolute atomic E-state index is 9.97. The second-order valence-electron chi connectivity index (χ2n) is 4.85. The molecule has 1 aromatic carbocycles. The first-order chi connectivity index (χ1) is 8.70. The molecule has 0 bridgehead atoms. The molecule has 2 unspecified atom stereocenters. The van der Waals surface area contributed by atoms with Crippen LogP contribution in [0.1, 0.15) is 24.5 Å². The summed E-state index contributed by atoms with van der Waals surface area (Å²) in [6, 6.07) is 7.36. The number of ether oxygens (including phenoxy) is 1. The lowest BCUT2D eigenvalue weighted by Crippen LogP contribution is -2.31.